The van der Waals surface area contributed by atoms with Gasteiger partial charge in [0.1, 0.15) is 0 Å². The third-order valence-corrected chi connectivity index (χ3v) is 6.88. The van der Waals surface area contributed by atoms with E-state index >= 15 is 0 Å². The van der Waals surface area contributed by atoms with E-state index in [1.165, 1.54) is 16.7 Å². The molecule has 0 amide bonds. The summed E-state index contributed by atoms with van der Waals surface area (Å²) in [5.41, 5.74) is 4.61. The Hall–Kier alpha value is -2.47. The van der Waals surface area contributed by atoms with Crippen molar-refractivity contribution in [2.24, 2.45) is 0 Å². The minimum atomic E-state index is -3.48. The third-order valence-electron chi connectivity index (χ3n) is 5.36. The molecule has 0 aliphatic carbocycles. The second-order valence-corrected chi connectivity index (χ2v) is 9.44. The van der Waals surface area contributed by atoms with E-state index in [1.807, 2.05) is 31.2 Å². The van der Waals surface area contributed by atoms with Crippen LogP contribution < -0.4 is 4.72 Å². The van der Waals surface area contributed by atoms with Crippen molar-refractivity contribution < 1.29 is 8.42 Å². The van der Waals surface area contributed by atoms with E-state index in [0.717, 1.165) is 31.6 Å². The number of hydrogen-bond acceptors (Lipinski definition) is 3. The maximum Gasteiger partial charge on any atom is 0.240 e. The van der Waals surface area contributed by atoms with Gasteiger partial charge in [-0.15, -0.1) is 0 Å². The third kappa shape index (κ3) is 4.93. The van der Waals surface area contributed by atoms with E-state index in [-0.39, 0.29) is 6.04 Å². The Balaban J connectivity index is 1.35. The standard InChI is InChI=1S/C24H26N2O2S/c1-19-6-5-9-24(16-19)29(27,28)25-23-14-15-26(18-23)17-20-10-12-22(13-11-20)21-7-3-2-4-8-21/h2-13,16,23,25H,14-15,17-18H2,1H3/t23-/m1/s1. The Morgan fingerprint density at radius 1 is 0.931 bits per heavy atom. The molecule has 1 aliphatic heterocycles. The lowest BCUT2D eigenvalue weighted by Crippen LogP contribution is -2.37. The maximum atomic E-state index is 12.6. The van der Waals surface area contributed by atoms with Gasteiger partial charge in [-0.25, -0.2) is 13.1 Å². The van der Waals surface area contributed by atoms with Crippen molar-refractivity contribution in [3.63, 3.8) is 0 Å². The summed E-state index contributed by atoms with van der Waals surface area (Å²) in [6.07, 6.45) is 0.827. The molecule has 0 saturated carbocycles. The Labute approximate surface area is 173 Å². The molecule has 0 aromatic heterocycles. The zero-order valence-corrected chi connectivity index (χ0v) is 17.4. The van der Waals surface area contributed by atoms with Crippen molar-refractivity contribution in [2.75, 3.05) is 13.1 Å². The van der Waals surface area contributed by atoms with Gasteiger partial charge in [-0.3, -0.25) is 4.90 Å². The SMILES string of the molecule is Cc1cccc(S(=O)(=O)N[C@@H]2CCN(Cc3ccc(-c4ccccc4)cc3)C2)c1. The van der Waals surface area contributed by atoms with Gasteiger partial charge < -0.3 is 0 Å². The summed E-state index contributed by atoms with van der Waals surface area (Å²) in [5, 5.41) is 0. The molecule has 4 rings (SSSR count). The Morgan fingerprint density at radius 3 is 2.38 bits per heavy atom. The molecule has 150 valence electrons. The number of sulfonamides is 1. The Morgan fingerprint density at radius 2 is 1.66 bits per heavy atom. The van der Waals surface area contributed by atoms with Gasteiger partial charge in [-0.1, -0.05) is 66.7 Å². The van der Waals surface area contributed by atoms with Crippen molar-refractivity contribution in [3.8, 4) is 11.1 Å². The van der Waals surface area contributed by atoms with Gasteiger partial charge in [-0.05, 0) is 47.7 Å². The van der Waals surface area contributed by atoms with Crippen LogP contribution in [0.2, 0.25) is 0 Å². The molecule has 0 radical (unpaired) electrons. The summed E-state index contributed by atoms with van der Waals surface area (Å²) in [4.78, 5) is 2.65. The van der Waals surface area contributed by atoms with Crippen LogP contribution in [0.1, 0.15) is 17.5 Å². The number of nitrogens with one attached hydrogen (secondary N) is 1. The van der Waals surface area contributed by atoms with Gasteiger partial charge in [0.25, 0.3) is 0 Å². The quantitative estimate of drug-likeness (QED) is 0.667. The molecule has 1 aliphatic rings. The largest absolute Gasteiger partial charge is 0.297 e. The van der Waals surface area contributed by atoms with E-state index < -0.39 is 10.0 Å². The maximum absolute atomic E-state index is 12.6. The van der Waals surface area contributed by atoms with E-state index in [9.17, 15) is 8.42 Å². The van der Waals surface area contributed by atoms with E-state index in [1.54, 1.807) is 18.2 Å². The molecule has 0 bridgehead atoms. The smallest absolute Gasteiger partial charge is 0.240 e. The molecule has 1 fully saturated rings. The van der Waals surface area contributed by atoms with E-state index in [4.69, 9.17) is 0 Å². The van der Waals surface area contributed by atoms with Crippen molar-refractivity contribution >= 4 is 10.0 Å². The molecule has 0 unspecified atom stereocenters. The highest BCUT2D eigenvalue weighted by Gasteiger charge is 2.27. The summed E-state index contributed by atoms with van der Waals surface area (Å²) in [6.45, 7) is 4.35. The van der Waals surface area contributed by atoms with E-state index in [0.29, 0.717) is 4.90 Å². The molecule has 4 nitrogen and oxygen atoms in total. The van der Waals surface area contributed by atoms with Crippen LogP contribution in [0.25, 0.3) is 11.1 Å². The predicted molar refractivity (Wildman–Crippen MR) is 117 cm³/mol. The van der Waals surface area contributed by atoms with Crippen LogP contribution in [-0.4, -0.2) is 32.4 Å². The normalized spacial score (nSPS) is 17.5. The molecule has 0 spiro atoms. The first-order valence-electron chi connectivity index (χ1n) is 9.95. The van der Waals surface area contributed by atoms with Gasteiger partial charge in [0.15, 0.2) is 0 Å². The van der Waals surface area contributed by atoms with E-state index in [2.05, 4.69) is 46.0 Å². The molecule has 5 heteroatoms. The topological polar surface area (TPSA) is 49.4 Å². The lowest BCUT2D eigenvalue weighted by atomic mass is 10.0. The van der Waals surface area contributed by atoms with Crippen LogP contribution in [0, 0.1) is 6.92 Å². The monoisotopic (exact) mass is 406 g/mol. The predicted octanol–water partition coefficient (Wildman–Crippen LogP) is 4.21. The Bertz CT molecular complexity index is 1060. The molecule has 1 atom stereocenters. The molecule has 3 aromatic rings. The first-order valence-corrected chi connectivity index (χ1v) is 11.4. The molecule has 1 saturated heterocycles. The van der Waals surface area contributed by atoms with Gasteiger partial charge in [0.2, 0.25) is 10.0 Å². The lowest BCUT2D eigenvalue weighted by molar-refractivity contribution is 0.324. The molecular formula is C24H26N2O2S. The summed E-state index contributed by atoms with van der Waals surface area (Å²) >= 11 is 0. The zero-order valence-electron chi connectivity index (χ0n) is 16.6. The fourth-order valence-electron chi connectivity index (χ4n) is 3.83. The number of nitrogens with zero attached hydrogens (tertiary/aromatic N) is 1. The number of aryl methyl sites for hydroxylation is 1. The molecule has 29 heavy (non-hydrogen) atoms. The minimum Gasteiger partial charge on any atom is -0.297 e. The molecule has 1 N–H and O–H groups in total. The van der Waals surface area contributed by atoms with Crippen LogP contribution in [0.4, 0.5) is 0 Å². The zero-order chi connectivity index (χ0) is 20.3. The number of likely N-dealkylation sites (tertiary alicyclic amines) is 1. The second-order valence-electron chi connectivity index (χ2n) is 7.72. The van der Waals surface area contributed by atoms with Gasteiger partial charge in [-0.2, -0.15) is 0 Å². The fraction of sp³-hybridized carbons (Fsp3) is 0.250. The van der Waals surface area contributed by atoms with Gasteiger partial charge in [0, 0.05) is 25.7 Å². The average Bonchev–Trinajstić information content (AvgIpc) is 3.15. The summed E-state index contributed by atoms with van der Waals surface area (Å²) in [5.74, 6) is 0. The highest BCUT2D eigenvalue weighted by atomic mass is 32.2. The number of hydrogen-bond donors (Lipinski definition) is 1. The molecular weight excluding hydrogens is 380 g/mol. The van der Waals surface area contributed by atoms with Crippen LogP contribution in [0.3, 0.4) is 0 Å². The molecule has 3 aromatic carbocycles. The lowest BCUT2D eigenvalue weighted by Gasteiger charge is -2.17. The van der Waals surface area contributed by atoms with Crippen LogP contribution >= 0.6 is 0 Å². The minimum absolute atomic E-state index is 0.0518. The molecule has 1 heterocycles. The van der Waals surface area contributed by atoms with Crippen LogP contribution in [0.15, 0.2) is 83.8 Å². The highest BCUT2D eigenvalue weighted by Crippen LogP contribution is 2.21. The first-order chi connectivity index (χ1) is 14.0. The number of benzene rings is 3. The van der Waals surface area contributed by atoms with Gasteiger partial charge in [0.05, 0.1) is 4.90 Å². The fourth-order valence-corrected chi connectivity index (χ4v) is 5.20. The first kappa shape index (κ1) is 19.8. The second kappa shape index (κ2) is 8.49. The highest BCUT2D eigenvalue weighted by molar-refractivity contribution is 7.89. The van der Waals surface area contributed by atoms with Crippen molar-refractivity contribution in [3.05, 3.63) is 90.0 Å². The van der Waals surface area contributed by atoms with Gasteiger partial charge >= 0.3 is 0 Å². The summed E-state index contributed by atoms with van der Waals surface area (Å²) in [7, 11) is -3.48. The van der Waals surface area contributed by atoms with Crippen LogP contribution in [-0.2, 0) is 16.6 Å². The van der Waals surface area contributed by atoms with Crippen molar-refractivity contribution in [2.45, 2.75) is 30.8 Å². The summed E-state index contributed by atoms with van der Waals surface area (Å²) in [6, 6.07) is 26.0. The summed E-state index contributed by atoms with van der Waals surface area (Å²) < 4.78 is 28.2. The Kier molecular flexibility index (Phi) is 5.81. The van der Waals surface area contributed by atoms with Crippen LogP contribution in [0.5, 0.6) is 0 Å². The number of rotatable bonds is 6. The van der Waals surface area contributed by atoms with Crippen molar-refractivity contribution in [1.82, 2.24) is 9.62 Å². The average molecular weight is 407 g/mol. The van der Waals surface area contributed by atoms with Crippen molar-refractivity contribution in [1.29, 1.82) is 0 Å².